The van der Waals surface area contributed by atoms with Crippen molar-refractivity contribution in [1.29, 1.82) is 0 Å². The lowest BCUT2D eigenvalue weighted by atomic mass is 10.1. The number of nitrogens with one attached hydrogen (secondary N) is 1. The first-order valence-corrected chi connectivity index (χ1v) is 11.5. The molecule has 176 valence electrons. The molecule has 0 aliphatic carbocycles. The molecule has 1 fully saturated rings. The summed E-state index contributed by atoms with van der Waals surface area (Å²) in [5.74, 6) is 0.213. The Hall–Kier alpha value is -3.24. The Bertz CT molecular complexity index is 1370. The van der Waals surface area contributed by atoms with Crippen LogP contribution in [0.15, 0.2) is 59.4 Å². The van der Waals surface area contributed by atoms with Crippen LogP contribution in [-0.2, 0) is 12.7 Å². The lowest BCUT2D eigenvalue weighted by molar-refractivity contribution is -0.137. The molecule has 2 aromatic heterocycles. The van der Waals surface area contributed by atoms with E-state index in [9.17, 15) is 22.4 Å². The normalized spacial score (nSPS) is 15.2. The highest BCUT2D eigenvalue weighted by Gasteiger charge is 2.31. The zero-order valence-corrected chi connectivity index (χ0v) is 18.7. The van der Waals surface area contributed by atoms with Crippen molar-refractivity contribution >= 4 is 27.2 Å². The Morgan fingerprint density at radius 1 is 1.00 bits per heavy atom. The highest BCUT2D eigenvalue weighted by molar-refractivity contribution is 7.22. The number of fused-ring (bicyclic) bond motifs is 1. The number of hydrogen-bond donors (Lipinski definition) is 1. The van der Waals surface area contributed by atoms with E-state index in [2.05, 4.69) is 14.9 Å². The van der Waals surface area contributed by atoms with Gasteiger partial charge in [-0.15, -0.1) is 11.3 Å². The number of nitrogens with zero attached hydrogens (tertiary/aromatic N) is 3. The number of aromatic nitrogens is 2. The van der Waals surface area contributed by atoms with Crippen molar-refractivity contribution < 1.29 is 17.6 Å². The van der Waals surface area contributed by atoms with Gasteiger partial charge in [-0.25, -0.2) is 9.37 Å². The van der Waals surface area contributed by atoms with E-state index in [-0.39, 0.29) is 11.4 Å². The summed E-state index contributed by atoms with van der Waals surface area (Å²) in [5.41, 5.74) is 1.08. The second-order valence-electron chi connectivity index (χ2n) is 8.16. The number of H-pyrrole nitrogens is 1. The predicted octanol–water partition coefficient (Wildman–Crippen LogP) is 5.13. The summed E-state index contributed by atoms with van der Waals surface area (Å²) >= 11 is 1.31. The molecule has 0 unspecified atom stereocenters. The van der Waals surface area contributed by atoms with Crippen LogP contribution in [0, 0.1) is 5.82 Å². The molecule has 2 aromatic carbocycles. The van der Waals surface area contributed by atoms with Crippen molar-refractivity contribution in [3.05, 3.63) is 82.2 Å². The Morgan fingerprint density at radius 2 is 1.74 bits per heavy atom. The van der Waals surface area contributed by atoms with Gasteiger partial charge in [0.15, 0.2) is 0 Å². The van der Waals surface area contributed by atoms with E-state index in [1.165, 1.54) is 35.6 Å². The third kappa shape index (κ3) is 4.69. The molecule has 0 radical (unpaired) electrons. The van der Waals surface area contributed by atoms with E-state index in [1.807, 2.05) is 11.0 Å². The Morgan fingerprint density at radius 3 is 2.44 bits per heavy atom. The van der Waals surface area contributed by atoms with Gasteiger partial charge in [-0.1, -0.05) is 18.2 Å². The van der Waals surface area contributed by atoms with Crippen LogP contribution in [0.5, 0.6) is 0 Å². The summed E-state index contributed by atoms with van der Waals surface area (Å²) < 4.78 is 52.8. The number of rotatable bonds is 4. The summed E-state index contributed by atoms with van der Waals surface area (Å²) in [6.07, 6.45) is -4.37. The first-order chi connectivity index (χ1) is 16.3. The molecule has 1 saturated heterocycles. The number of thiophene rings is 1. The van der Waals surface area contributed by atoms with Gasteiger partial charge in [0.05, 0.1) is 17.6 Å². The average Bonchev–Trinajstić information content (AvgIpc) is 3.24. The minimum absolute atomic E-state index is 0.221. The number of hydrogen-bond acceptors (Lipinski definition) is 5. The van der Waals surface area contributed by atoms with E-state index < -0.39 is 11.7 Å². The highest BCUT2D eigenvalue weighted by Crippen LogP contribution is 2.32. The molecule has 1 N–H and O–H groups in total. The second kappa shape index (κ2) is 8.84. The van der Waals surface area contributed by atoms with E-state index in [4.69, 9.17) is 0 Å². The number of piperazine rings is 1. The molecule has 1 aliphatic heterocycles. The fourth-order valence-electron chi connectivity index (χ4n) is 4.07. The van der Waals surface area contributed by atoms with Crippen LogP contribution in [0.3, 0.4) is 0 Å². The Labute approximate surface area is 196 Å². The van der Waals surface area contributed by atoms with Crippen LogP contribution in [0.25, 0.3) is 20.7 Å². The number of anilines is 1. The van der Waals surface area contributed by atoms with Gasteiger partial charge in [0.1, 0.15) is 16.3 Å². The minimum atomic E-state index is -4.37. The van der Waals surface area contributed by atoms with Crippen LogP contribution in [0.4, 0.5) is 23.2 Å². The monoisotopic (exact) mass is 488 g/mol. The second-order valence-corrected chi connectivity index (χ2v) is 9.21. The van der Waals surface area contributed by atoms with Crippen molar-refractivity contribution in [2.45, 2.75) is 12.7 Å². The smallest absolute Gasteiger partial charge is 0.369 e. The molecule has 0 bridgehead atoms. The van der Waals surface area contributed by atoms with Crippen molar-refractivity contribution in [3.63, 3.8) is 0 Å². The third-order valence-electron chi connectivity index (χ3n) is 5.84. The van der Waals surface area contributed by atoms with Crippen molar-refractivity contribution in [3.8, 4) is 10.4 Å². The SMILES string of the molecule is O=c1[nH]c(CN2CCN(c3cccc(C(F)(F)F)c3)CC2)nc2cc(-c3ccc(F)cc3)sc12. The molecule has 1 aliphatic rings. The third-order valence-corrected chi connectivity index (χ3v) is 7.02. The van der Waals surface area contributed by atoms with Crippen LogP contribution < -0.4 is 10.5 Å². The van der Waals surface area contributed by atoms with Gasteiger partial charge in [-0.2, -0.15) is 13.2 Å². The molecule has 0 amide bonds. The van der Waals surface area contributed by atoms with E-state index in [1.54, 1.807) is 18.2 Å². The molecule has 4 aromatic rings. The van der Waals surface area contributed by atoms with E-state index in [0.717, 1.165) is 16.5 Å². The standard InChI is InChI=1S/C24H20F4N4OS/c25-17-6-4-15(5-7-17)20-13-19-22(34-20)23(33)30-21(29-19)14-31-8-10-32(11-9-31)18-3-1-2-16(12-18)24(26,27)28/h1-7,12-13H,8-11,14H2,(H,29,30,33). The maximum absolute atomic E-state index is 13.2. The first kappa shape index (κ1) is 22.5. The molecule has 0 spiro atoms. The van der Waals surface area contributed by atoms with Crippen LogP contribution in [-0.4, -0.2) is 41.0 Å². The van der Waals surface area contributed by atoms with E-state index >= 15 is 0 Å². The molecule has 0 saturated carbocycles. The van der Waals surface area contributed by atoms with Crippen molar-refractivity contribution in [2.24, 2.45) is 0 Å². The van der Waals surface area contributed by atoms with Crippen molar-refractivity contribution in [2.75, 3.05) is 31.1 Å². The molecule has 34 heavy (non-hydrogen) atoms. The van der Waals surface area contributed by atoms with Gasteiger partial charge in [0.25, 0.3) is 5.56 Å². The van der Waals surface area contributed by atoms with Crippen LogP contribution >= 0.6 is 11.3 Å². The summed E-state index contributed by atoms with van der Waals surface area (Å²) in [6.45, 7) is 2.83. The zero-order valence-electron chi connectivity index (χ0n) is 17.9. The molecule has 5 rings (SSSR count). The topological polar surface area (TPSA) is 52.2 Å². The van der Waals surface area contributed by atoms with Gasteiger partial charge in [-0.05, 0) is 42.0 Å². The van der Waals surface area contributed by atoms with Crippen molar-refractivity contribution in [1.82, 2.24) is 14.9 Å². The number of benzene rings is 2. The maximum Gasteiger partial charge on any atom is 0.416 e. The minimum Gasteiger partial charge on any atom is -0.369 e. The Balaban J connectivity index is 1.28. The largest absolute Gasteiger partial charge is 0.416 e. The molecule has 3 heterocycles. The van der Waals surface area contributed by atoms with Gasteiger partial charge in [0, 0.05) is 36.7 Å². The summed E-state index contributed by atoms with van der Waals surface area (Å²) in [6, 6.07) is 13.3. The lowest BCUT2D eigenvalue weighted by Crippen LogP contribution is -2.46. The highest BCUT2D eigenvalue weighted by atomic mass is 32.1. The van der Waals surface area contributed by atoms with E-state index in [0.29, 0.717) is 54.5 Å². The number of alkyl halides is 3. The Kier molecular flexibility index (Phi) is 5.86. The quantitative estimate of drug-likeness (QED) is 0.405. The molecule has 10 heteroatoms. The van der Waals surface area contributed by atoms with Crippen LogP contribution in [0.2, 0.25) is 0 Å². The number of aromatic amines is 1. The van der Waals surface area contributed by atoms with Gasteiger partial charge in [0.2, 0.25) is 0 Å². The molecular weight excluding hydrogens is 468 g/mol. The fraction of sp³-hybridized carbons (Fsp3) is 0.250. The van der Waals surface area contributed by atoms with Gasteiger partial charge in [-0.3, -0.25) is 9.69 Å². The number of halogens is 4. The summed E-state index contributed by atoms with van der Waals surface area (Å²) in [4.78, 5) is 25.0. The molecular formula is C24H20F4N4OS. The maximum atomic E-state index is 13.2. The van der Waals surface area contributed by atoms with Crippen LogP contribution in [0.1, 0.15) is 11.4 Å². The predicted molar refractivity (Wildman–Crippen MR) is 125 cm³/mol. The lowest BCUT2D eigenvalue weighted by Gasteiger charge is -2.36. The molecule has 0 atom stereocenters. The average molecular weight is 489 g/mol. The summed E-state index contributed by atoms with van der Waals surface area (Å²) in [7, 11) is 0. The van der Waals surface area contributed by atoms with Gasteiger partial charge >= 0.3 is 6.18 Å². The fourth-order valence-corrected chi connectivity index (χ4v) is 5.07. The summed E-state index contributed by atoms with van der Waals surface area (Å²) in [5, 5.41) is 0. The first-order valence-electron chi connectivity index (χ1n) is 10.7. The zero-order chi connectivity index (χ0) is 23.9. The van der Waals surface area contributed by atoms with Gasteiger partial charge < -0.3 is 9.88 Å². The molecule has 5 nitrogen and oxygen atoms in total.